The molecule has 1 amide bonds. The van der Waals surface area contributed by atoms with E-state index in [0.29, 0.717) is 44.1 Å². The SMILES string of the molecule is BN[C@@H](Cc1ccc(-c2cnc(N)c(C(=O)Nc3cnccc3N3CCOCC3)n2)cc1)C(=O)O. The molecule has 3 heterocycles. The van der Waals surface area contributed by atoms with Gasteiger partial charge in [-0.05, 0) is 18.1 Å². The molecule has 0 saturated carbocycles. The number of benzene rings is 1. The van der Waals surface area contributed by atoms with E-state index in [0.717, 1.165) is 16.8 Å². The number of anilines is 3. The highest BCUT2D eigenvalue weighted by Gasteiger charge is 2.20. The number of aromatic nitrogens is 3. The summed E-state index contributed by atoms with van der Waals surface area (Å²) in [7, 11) is 1.61. The first-order chi connectivity index (χ1) is 17.0. The van der Waals surface area contributed by atoms with Crippen LogP contribution in [0.3, 0.4) is 0 Å². The number of ether oxygens (including phenoxy) is 1. The third kappa shape index (κ3) is 5.73. The molecule has 12 heteroatoms. The first-order valence-corrected chi connectivity index (χ1v) is 11.2. The van der Waals surface area contributed by atoms with E-state index < -0.39 is 17.9 Å². The van der Waals surface area contributed by atoms with Crippen molar-refractivity contribution in [2.45, 2.75) is 12.5 Å². The summed E-state index contributed by atoms with van der Waals surface area (Å²) in [4.78, 5) is 39.2. The molecule has 1 aliphatic heterocycles. The number of carboxylic acid groups (broad SMARTS) is 1. The van der Waals surface area contributed by atoms with Crippen LogP contribution in [-0.4, -0.2) is 72.3 Å². The summed E-state index contributed by atoms with van der Waals surface area (Å²) >= 11 is 0. The van der Waals surface area contributed by atoms with Gasteiger partial charge in [0.05, 0.1) is 48.7 Å². The van der Waals surface area contributed by atoms with Crippen LogP contribution < -0.4 is 21.2 Å². The Morgan fingerprint density at radius 3 is 2.60 bits per heavy atom. The van der Waals surface area contributed by atoms with E-state index in [9.17, 15) is 14.7 Å². The summed E-state index contributed by atoms with van der Waals surface area (Å²) in [5.74, 6) is -1.39. The maximum atomic E-state index is 13.1. The molecule has 1 fully saturated rings. The molecule has 1 atom stereocenters. The van der Waals surface area contributed by atoms with Crippen LogP contribution in [0.5, 0.6) is 0 Å². The molecule has 0 radical (unpaired) electrons. The van der Waals surface area contributed by atoms with Crippen molar-refractivity contribution in [1.29, 1.82) is 0 Å². The van der Waals surface area contributed by atoms with E-state index in [-0.39, 0.29) is 11.5 Å². The van der Waals surface area contributed by atoms with Crippen LogP contribution in [0.1, 0.15) is 16.1 Å². The molecule has 1 saturated heterocycles. The van der Waals surface area contributed by atoms with Gasteiger partial charge in [-0.3, -0.25) is 14.6 Å². The predicted molar refractivity (Wildman–Crippen MR) is 134 cm³/mol. The molecule has 180 valence electrons. The van der Waals surface area contributed by atoms with Crippen LogP contribution in [0.25, 0.3) is 11.3 Å². The molecule has 5 N–H and O–H groups in total. The summed E-state index contributed by atoms with van der Waals surface area (Å²) in [6.45, 7) is 2.64. The molecule has 4 rings (SSSR count). The predicted octanol–water partition coefficient (Wildman–Crippen LogP) is 0.343. The largest absolute Gasteiger partial charge is 0.480 e. The van der Waals surface area contributed by atoms with Gasteiger partial charge in [0.2, 0.25) is 0 Å². The van der Waals surface area contributed by atoms with Crippen LogP contribution in [0.15, 0.2) is 48.9 Å². The van der Waals surface area contributed by atoms with E-state index in [4.69, 9.17) is 10.5 Å². The zero-order valence-corrected chi connectivity index (χ0v) is 19.3. The lowest BCUT2D eigenvalue weighted by Gasteiger charge is -2.30. The van der Waals surface area contributed by atoms with E-state index in [1.54, 1.807) is 20.4 Å². The van der Waals surface area contributed by atoms with Gasteiger partial charge < -0.3 is 31.0 Å². The average molecular weight is 475 g/mol. The van der Waals surface area contributed by atoms with Crippen LogP contribution in [0, 0.1) is 0 Å². The molecular formula is C23H26BN7O4. The highest BCUT2D eigenvalue weighted by atomic mass is 16.5. The molecule has 0 bridgehead atoms. The zero-order chi connectivity index (χ0) is 24.8. The van der Waals surface area contributed by atoms with Gasteiger partial charge in [0, 0.05) is 24.8 Å². The fourth-order valence-electron chi connectivity index (χ4n) is 3.81. The number of hydrogen-bond acceptors (Lipinski definition) is 9. The van der Waals surface area contributed by atoms with Gasteiger partial charge >= 0.3 is 5.97 Å². The fraction of sp³-hybridized carbons (Fsp3) is 0.261. The van der Waals surface area contributed by atoms with Gasteiger partial charge in [-0.25, -0.2) is 9.97 Å². The van der Waals surface area contributed by atoms with Crippen LogP contribution in [0.4, 0.5) is 17.2 Å². The molecule has 0 unspecified atom stereocenters. The van der Waals surface area contributed by atoms with E-state index in [1.165, 1.54) is 6.20 Å². The van der Waals surface area contributed by atoms with Gasteiger partial charge in [-0.15, -0.1) is 0 Å². The maximum absolute atomic E-state index is 13.1. The third-order valence-corrected chi connectivity index (χ3v) is 5.75. The number of carbonyl (C=O) groups excluding carboxylic acids is 1. The monoisotopic (exact) mass is 475 g/mol. The first kappa shape index (κ1) is 24.1. The number of pyridine rings is 1. The summed E-state index contributed by atoms with van der Waals surface area (Å²) in [6.07, 6.45) is 5.10. The standard InChI is InChI=1S/C23H26BN7O4/c24-30-16(23(33)34)11-14-1-3-15(4-2-14)17-13-27-21(25)20(28-17)22(32)29-18-12-26-6-5-19(18)31-7-9-35-10-8-31/h1-6,12-13,16,30H,7-11,24H2,(H2,25,27)(H,29,32)(H,33,34)/t16-/m0/s1. The second-order valence-corrected chi connectivity index (χ2v) is 8.02. The summed E-state index contributed by atoms with van der Waals surface area (Å²) in [5, 5.41) is 14.9. The number of amides is 1. The normalized spacial score (nSPS) is 14.3. The molecule has 1 aromatic carbocycles. The van der Waals surface area contributed by atoms with Crippen LogP contribution in [-0.2, 0) is 16.0 Å². The minimum atomic E-state index is -0.915. The quantitative estimate of drug-likeness (QED) is 0.335. The molecule has 1 aliphatic rings. The van der Waals surface area contributed by atoms with Crippen molar-refractivity contribution in [3.63, 3.8) is 0 Å². The fourth-order valence-corrected chi connectivity index (χ4v) is 3.81. The lowest BCUT2D eigenvalue weighted by atomic mass is 10.0. The molecular weight excluding hydrogens is 449 g/mol. The highest BCUT2D eigenvalue weighted by Crippen LogP contribution is 2.27. The number of nitrogens with two attached hydrogens (primary N) is 1. The minimum Gasteiger partial charge on any atom is -0.480 e. The Kier molecular flexibility index (Phi) is 7.53. The number of morpholine rings is 1. The van der Waals surface area contributed by atoms with Crippen LogP contribution in [0.2, 0.25) is 0 Å². The van der Waals surface area contributed by atoms with Crippen molar-refractivity contribution in [2.75, 3.05) is 42.3 Å². The van der Waals surface area contributed by atoms with E-state index in [1.807, 2.05) is 30.3 Å². The van der Waals surface area contributed by atoms with Crippen molar-refractivity contribution in [3.8, 4) is 11.3 Å². The number of carboxylic acids is 1. The molecule has 35 heavy (non-hydrogen) atoms. The van der Waals surface area contributed by atoms with E-state index in [2.05, 4.69) is 30.4 Å². The van der Waals surface area contributed by atoms with Gasteiger partial charge in [0.1, 0.15) is 0 Å². The number of aliphatic carboxylic acids is 1. The zero-order valence-electron chi connectivity index (χ0n) is 19.3. The summed E-state index contributed by atoms with van der Waals surface area (Å²) in [5.41, 5.74) is 9.43. The van der Waals surface area contributed by atoms with Gasteiger partial charge in [0.25, 0.3) is 5.91 Å². The number of nitrogens with one attached hydrogen (secondary N) is 2. The second kappa shape index (κ2) is 10.9. The topological polar surface area (TPSA) is 156 Å². The lowest BCUT2D eigenvalue weighted by Crippen LogP contribution is -2.36. The first-order valence-electron chi connectivity index (χ1n) is 11.2. The van der Waals surface area contributed by atoms with Crippen molar-refractivity contribution < 1.29 is 19.4 Å². The van der Waals surface area contributed by atoms with Crippen molar-refractivity contribution in [2.24, 2.45) is 0 Å². The molecule has 2 aromatic heterocycles. The Morgan fingerprint density at radius 1 is 1.17 bits per heavy atom. The Hall–Kier alpha value is -4.03. The Balaban J connectivity index is 1.53. The van der Waals surface area contributed by atoms with Gasteiger partial charge in [-0.2, -0.15) is 0 Å². The van der Waals surface area contributed by atoms with Crippen molar-refractivity contribution >= 4 is 37.1 Å². The molecule has 3 aromatic rings. The van der Waals surface area contributed by atoms with Crippen molar-refractivity contribution in [1.82, 2.24) is 20.2 Å². The van der Waals surface area contributed by atoms with E-state index >= 15 is 0 Å². The average Bonchev–Trinajstić information content (AvgIpc) is 2.88. The smallest absolute Gasteiger partial charge is 0.320 e. The number of carbonyl (C=O) groups is 2. The second-order valence-electron chi connectivity index (χ2n) is 8.02. The Bertz CT molecular complexity index is 1200. The number of rotatable bonds is 8. The molecule has 0 spiro atoms. The molecule has 0 aliphatic carbocycles. The summed E-state index contributed by atoms with van der Waals surface area (Å²) in [6, 6.07) is 8.43. The summed E-state index contributed by atoms with van der Waals surface area (Å²) < 4.78 is 5.42. The van der Waals surface area contributed by atoms with Gasteiger partial charge in [0.15, 0.2) is 19.5 Å². The van der Waals surface area contributed by atoms with Crippen LogP contribution >= 0.6 is 0 Å². The third-order valence-electron chi connectivity index (χ3n) is 5.75. The number of nitrogen functional groups attached to an aromatic ring is 1. The lowest BCUT2D eigenvalue weighted by molar-refractivity contribution is -0.138. The number of nitrogens with zero attached hydrogens (tertiary/aromatic N) is 4. The maximum Gasteiger partial charge on any atom is 0.320 e. The highest BCUT2D eigenvalue weighted by molar-refractivity contribution is 6.07. The minimum absolute atomic E-state index is 0.00415. The van der Waals surface area contributed by atoms with Crippen molar-refractivity contribution in [3.05, 3.63) is 60.2 Å². The van der Waals surface area contributed by atoms with Gasteiger partial charge in [-0.1, -0.05) is 24.3 Å². The Morgan fingerprint density at radius 2 is 1.91 bits per heavy atom. The Labute approximate surface area is 203 Å². The number of hydrogen-bond donors (Lipinski definition) is 4. The molecule has 11 nitrogen and oxygen atoms in total.